The van der Waals surface area contributed by atoms with Crippen LogP contribution in [0.4, 0.5) is 5.13 Å². The minimum absolute atomic E-state index is 0.184. The van der Waals surface area contributed by atoms with Crippen LogP contribution >= 0.6 is 34.7 Å². The summed E-state index contributed by atoms with van der Waals surface area (Å²) in [6.45, 7) is 3.96. The van der Waals surface area contributed by atoms with Gasteiger partial charge >= 0.3 is 10.3 Å². The summed E-state index contributed by atoms with van der Waals surface area (Å²) in [5.74, 6) is 0. The summed E-state index contributed by atoms with van der Waals surface area (Å²) in [5.41, 5.74) is 0.974. The van der Waals surface area contributed by atoms with Gasteiger partial charge < -0.3 is 0 Å². The topological polar surface area (TPSA) is 44.7 Å². The highest BCUT2D eigenvalue weighted by atomic mass is 35.5. The average Bonchev–Trinajstić information content (AvgIpc) is 2.97. The number of aromatic nitrogens is 2. The number of fused-ring (bicyclic) bond motifs is 2. The van der Waals surface area contributed by atoms with Crippen molar-refractivity contribution in [2.24, 2.45) is 10.1 Å². The fourth-order valence-corrected chi connectivity index (χ4v) is 4.20. The molecule has 0 fully saturated rings. The van der Waals surface area contributed by atoms with E-state index < -0.39 is 0 Å². The van der Waals surface area contributed by atoms with Gasteiger partial charge in [-0.1, -0.05) is 39.6 Å². The number of aliphatic imine (C=N–C) groups is 1. The summed E-state index contributed by atoms with van der Waals surface area (Å²) in [4.78, 5) is 4.65. The lowest BCUT2D eigenvalue weighted by molar-refractivity contribution is -0.770. The summed E-state index contributed by atoms with van der Waals surface area (Å²) in [6.07, 6.45) is -0.184. The summed E-state index contributed by atoms with van der Waals surface area (Å²) < 4.78 is 1.90. The lowest BCUT2D eigenvalue weighted by Gasteiger charge is -2.23. The standard InChI is InChI=1S/C13H11ClN5S2/c1-7-16-18-11(9-5-3-4-6-10(9)14)19-13(15-12(18)20-7)21-8(2)17-19/h3-6,11H,1-2H3/q+1. The molecular weight excluding hydrogens is 326 g/mol. The molecule has 0 saturated carbocycles. The Balaban J connectivity index is 1.94. The molecule has 21 heavy (non-hydrogen) atoms. The van der Waals surface area contributed by atoms with Gasteiger partial charge in [0.25, 0.3) is 0 Å². The third-order valence-corrected chi connectivity index (χ3v) is 5.23. The van der Waals surface area contributed by atoms with Crippen LogP contribution in [0.1, 0.15) is 23.7 Å². The van der Waals surface area contributed by atoms with Crippen molar-refractivity contribution in [3.63, 3.8) is 0 Å². The Morgan fingerprint density at radius 3 is 2.90 bits per heavy atom. The van der Waals surface area contributed by atoms with Gasteiger partial charge in [0.05, 0.1) is 5.02 Å². The number of aryl methyl sites for hydroxylation is 1. The summed E-state index contributed by atoms with van der Waals surface area (Å²) in [5, 5.41) is 15.5. The predicted octanol–water partition coefficient (Wildman–Crippen LogP) is 3.32. The van der Waals surface area contributed by atoms with E-state index in [2.05, 4.69) is 15.2 Å². The average molecular weight is 337 g/mol. The molecule has 0 bridgehead atoms. The molecule has 0 amide bonds. The molecule has 2 aliphatic heterocycles. The molecule has 106 valence electrons. The van der Waals surface area contributed by atoms with Crippen LogP contribution in [0.25, 0.3) is 0 Å². The van der Waals surface area contributed by atoms with E-state index in [1.807, 2.05) is 47.8 Å². The van der Waals surface area contributed by atoms with Gasteiger partial charge in [-0.3, -0.25) is 0 Å². The van der Waals surface area contributed by atoms with Crippen molar-refractivity contribution < 1.29 is 4.68 Å². The zero-order valence-electron chi connectivity index (χ0n) is 11.3. The first-order valence-corrected chi connectivity index (χ1v) is 8.39. The second-order valence-electron chi connectivity index (χ2n) is 4.70. The van der Waals surface area contributed by atoms with E-state index in [1.54, 1.807) is 23.1 Å². The van der Waals surface area contributed by atoms with E-state index >= 15 is 0 Å². The molecule has 1 aromatic carbocycles. The predicted molar refractivity (Wildman–Crippen MR) is 86.3 cm³/mol. The molecule has 0 spiro atoms. The van der Waals surface area contributed by atoms with Crippen molar-refractivity contribution >= 4 is 50.0 Å². The quantitative estimate of drug-likeness (QED) is 0.750. The number of hydrogen-bond donors (Lipinski definition) is 0. The van der Waals surface area contributed by atoms with E-state index in [-0.39, 0.29) is 6.17 Å². The van der Waals surface area contributed by atoms with Gasteiger partial charge in [0, 0.05) is 10.6 Å². The number of thioether (sulfide) groups is 1. The van der Waals surface area contributed by atoms with Crippen LogP contribution < -0.4 is 4.68 Å². The SMILES string of the molecule is CC1=NN2C(=Nc3sc(C)n[n+]3C2c2ccccc2Cl)S1. The smallest absolute Gasteiger partial charge is 0.170 e. The van der Waals surface area contributed by atoms with E-state index in [9.17, 15) is 0 Å². The first kappa shape index (κ1) is 13.2. The van der Waals surface area contributed by atoms with Crippen molar-refractivity contribution in [3.05, 3.63) is 39.9 Å². The summed E-state index contributed by atoms with van der Waals surface area (Å²) in [7, 11) is 0. The monoisotopic (exact) mass is 336 g/mol. The molecular formula is C13H11ClN5S2+. The van der Waals surface area contributed by atoms with E-state index in [0.29, 0.717) is 5.02 Å². The zero-order chi connectivity index (χ0) is 14.6. The van der Waals surface area contributed by atoms with Gasteiger partial charge in [0.2, 0.25) is 6.17 Å². The van der Waals surface area contributed by atoms with E-state index in [1.165, 1.54) is 0 Å². The number of nitrogens with zero attached hydrogens (tertiary/aromatic N) is 5. The number of halogens is 1. The van der Waals surface area contributed by atoms with Gasteiger partial charge in [0.1, 0.15) is 10.1 Å². The number of hydrogen-bond acceptors (Lipinski definition) is 6. The minimum Gasteiger partial charge on any atom is -0.170 e. The second kappa shape index (κ2) is 4.79. The van der Waals surface area contributed by atoms with Crippen LogP contribution in [0.5, 0.6) is 0 Å². The molecule has 0 aliphatic carbocycles. The summed E-state index contributed by atoms with van der Waals surface area (Å²) >= 11 is 9.55. The van der Waals surface area contributed by atoms with Crippen LogP contribution in [0, 0.1) is 6.92 Å². The summed E-state index contributed by atoms with van der Waals surface area (Å²) in [6, 6.07) is 7.80. The van der Waals surface area contributed by atoms with Gasteiger partial charge in [-0.25, -0.2) is 0 Å². The minimum atomic E-state index is -0.184. The molecule has 0 radical (unpaired) electrons. The molecule has 4 rings (SSSR count). The zero-order valence-corrected chi connectivity index (χ0v) is 13.7. The molecule has 1 unspecified atom stereocenters. The molecule has 1 atom stereocenters. The third kappa shape index (κ3) is 2.07. The first-order valence-electron chi connectivity index (χ1n) is 6.38. The normalized spacial score (nSPS) is 20.0. The highest BCUT2D eigenvalue weighted by Crippen LogP contribution is 2.38. The molecule has 0 N–H and O–H groups in total. The van der Waals surface area contributed by atoms with E-state index in [0.717, 1.165) is 25.9 Å². The number of hydrazone groups is 1. The molecule has 1 aromatic heterocycles. The maximum absolute atomic E-state index is 6.40. The van der Waals surface area contributed by atoms with Gasteiger partial charge in [-0.05, 0) is 43.0 Å². The van der Waals surface area contributed by atoms with Crippen molar-refractivity contribution in [3.8, 4) is 0 Å². The molecule has 2 aliphatic rings. The van der Waals surface area contributed by atoms with Crippen molar-refractivity contribution in [1.29, 1.82) is 0 Å². The van der Waals surface area contributed by atoms with Gasteiger partial charge in [-0.2, -0.15) is 10.1 Å². The largest absolute Gasteiger partial charge is 0.409 e. The Morgan fingerprint density at radius 2 is 2.10 bits per heavy atom. The van der Waals surface area contributed by atoms with Crippen molar-refractivity contribution in [2.75, 3.05) is 0 Å². The molecule has 8 heteroatoms. The molecule has 0 saturated heterocycles. The van der Waals surface area contributed by atoms with Gasteiger partial charge in [-0.15, -0.1) is 0 Å². The number of amidine groups is 1. The van der Waals surface area contributed by atoms with Crippen molar-refractivity contribution in [1.82, 2.24) is 10.1 Å². The van der Waals surface area contributed by atoms with Crippen LogP contribution in [-0.4, -0.2) is 20.3 Å². The highest BCUT2D eigenvalue weighted by molar-refractivity contribution is 8.26. The second-order valence-corrected chi connectivity index (χ2v) is 7.43. The molecule has 3 heterocycles. The highest BCUT2D eigenvalue weighted by Gasteiger charge is 2.45. The molecule has 2 aromatic rings. The van der Waals surface area contributed by atoms with E-state index in [4.69, 9.17) is 11.6 Å². The van der Waals surface area contributed by atoms with Crippen LogP contribution in [0.15, 0.2) is 34.4 Å². The Morgan fingerprint density at radius 1 is 1.29 bits per heavy atom. The van der Waals surface area contributed by atoms with Crippen LogP contribution in [0.2, 0.25) is 5.02 Å². The van der Waals surface area contributed by atoms with Gasteiger partial charge in [0.15, 0.2) is 0 Å². The Kier molecular flexibility index (Phi) is 3.02. The van der Waals surface area contributed by atoms with Crippen LogP contribution in [0.3, 0.4) is 0 Å². The third-order valence-electron chi connectivity index (χ3n) is 3.21. The number of rotatable bonds is 1. The maximum Gasteiger partial charge on any atom is 0.409 e. The Labute approximate surface area is 135 Å². The molecule has 5 nitrogen and oxygen atoms in total. The Hall–Kier alpha value is -1.44. The first-order chi connectivity index (χ1) is 10.1. The fourth-order valence-electron chi connectivity index (χ4n) is 2.39. The lowest BCUT2D eigenvalue weighted by Crippen LogP contribution is -2.53. The number of benzene rings is 1. The fraction of sp³-hybridized carbons (Fsp3) is 0.231. The maximum atomic E-state index is 6.40. The van der Waals surface area contributed by atoms with Crippen LogP contribution in [-0.2, 0) is 0 Å². The lowest BCUT2D eigenvalue weighted by atomic mass is 10.1. The van der Waals surface area contributed by atoms with Crippen molar-refractivity contribution in [2.45, 2.75) is 20.0 Å². The Bertz CT molecular complexity index is 798.